The van der Waals surface area contributed by atoms with Gasteiger partial charge in [0.2, 0.25) is 0 Å². The number of hydrogen-bond acceptors (Lipinski definition) is 2. The smallest absolute Gasteiger partial charge is 0.416 e. The van der Waals surface area contributed by atoms with Gasteiger partial charge in [0.05, 0.1) is 5.56 Å². The van der Waals surface area contributed by atoms with Gasteiger partial charge in [0.25, 0.3) is 0 Å². The highest BCUT2D eigenvalue weighted by molar-refractivity contribution is 5.66. The van der Waals surface area contributed by atoms with Crippen molar-refractivity contribution in [3.05, 3.63) is 35.4 Å². The highest BCUT2D eigenvalue weighted by Crippen LogP contribution is 2.44. The van der Waals surface area contributed by atoms with Crippen molar-refractivity contribution < 1.29 is 22.7 Å². The number of rotatable bonds is 2. The Morgan fingerprint density at radius 3 is 2.44 bits per heavy atom. The van der Waals surface area contributed by atoms with Gasteiger partial charge in [-0.15, -0.1) is 0 Å². The average molecular weight is 258 g/mol. The first-order valence-electron chi connectivity index (χ1n) is 5.71. The van der Waals surface area contributed by atoms with Crippen LogP contribution in [0.2, 0.25) is 0 Å². The van der Waals surface area contributed by atoms with Crippen LogP contribution in [0.15, 0.2) is 24.3 Å². The van der Waals surface area contributed by atoms with Crippen LogP contribution in [0.3, 0.4) is 0 Å². The van der Waals surface area contributed by atoms with E-state index in [1.165, 1.54) is 19.1 Å². The molecule has 0 unspecified atom stereocenters. The SMILES string of the molecule is CC(=O)OC1CC(c2ccccc2C(F)(F)F)C1. The van der Waals surface area contributed by atoms with Crippen LogP contribution in [0.4, 0.5) is 13.2 Å². The van der Waals surface area contributed by atoms with Crippen LogP contribution in [0.1, 0.15) is 36.8 Å². The quantitative estimate of drug-likeness (QED) is 0.759. The van der Waals surface area contributed by atoms with Crippen LogP contribution in [0, 0.1) is 0 Å². The molecule has 1 aromatic rings. The molecule has 1 aromatic carbocycles. The lowest BCUT2D eigenvalue weighted by atomic mass is 9.76. The molecule has 0 radical (unpaired) electrons. The van der Waals surface area contributed by atoms with Crippen LogP contribution < -0.4 is 0 Å². The summed E-state index contributed by atoms with van der Waals surface area (Å²) < 4.78 is 43.3. The lowest BCUT2D eigenvalue weighted by Gasteiger charge is -2.35. The topological polar surface area (TPSA) is 26.3 Å². The lowest BCUT2D eigenvalue weighted by Crippen LogP contribution is -2.32. The van der Waals surface area contributed by atoms with Gasteiger partial charge in [-0.25, -0.2) is 0 Å². The molecule has 0 bridgehead atoms. The fourth-order valence-corrected chi connectivity index (χ4v) is 2.26. The number of benzene rings is 1. The second kappa shape index (κ2) is 4.63. The standard InChI is InChI=1S/C13H13F3O2/c1-8(17)18-10-6-9(7-10)11-4-2-3-5-12(11)13(14,15)16/h2-5,9-10H,6-7H2,1H3. The first-order valence-corrected chi connectivity index (χ1v) is 5.71. The maximum absolute atomic E-state index is 12.8. The first-order chi connectivity index (χ1) is 8.38. The molecule has 2 nitrogen and oxygen atoms in total. The van der Waals surface area contributed by atoms with Gasteiger partial charge in [0.1, 0.15) is 6.10 Å². The summed E-state index contributed by atoms with van der Waals surface area (Å²) in [5.41, 5.74) is -0.287. The summed E-state index contributed by atoms with van der Waals surface area (Å²) in [6.45, 7) is 1.30. The molecule has 0 atom stereocenters. The number of hydrogen-bond donors (Lipinski definition) is 0. The molecular weight excluding hydrogens is 245 g/mol. The number of alkyl halides is 3. The van der Waals surface area contributed by atoms with Crippen molar-refractivity contribution in [2.75, 3.05) is 0 Å². The third-order valence-corrected chi connectivity index (χ3v) is 3.13. The number of carbonyl (C=O) groups is 1. The van der Waals surface area contributed by atoms with Crippen LogP contribution in [0.5, 0.6) is 0 Å². The van der Waals surface area contributed by atoms with Gasteiger partial charge >= 0.3 is 12.1 Å². The van der Waals surface area contributed by atoms with E-state index in [0.29, 0.717) is 18.4 Å². The molecule has 1 aliphatic carbocycles. The van der Waals surface area contributed by atoms with E-state index in [-0.39, 0.29) is 18.0 Å². The van der Waals surface area contributed by atoms with Crippen molar-refractivity contribution in [1.82, 2.24) is 0 Å². The van der Waals surface area contributed by atoms with Crippen LogP contribution >= 0.6 is 0 Å². The van der Waals surface area contributed by atoms with Gasteiger partial charge in [-0.2, -0.15) is 13.2 Å². The van der Waals surface area contributed by atoms with E-state index in [4.69, 9.17) is 4.74 Å². The highest BCUT2D eigenvalue weighted by atomic mass is 19.4. The normalized spacial score (nSPS) is 23.3. The van der Waals surface area contributed by atoms with Crippen molar-refractivity contribution >= 4 is 5.97 Å². The Kier molecular flexibility index (Phi) is 3.32. The molecule has 0 aromatic heterocycles. The van der Waals surface area contributed by atoms with Crippen molar-refractivity contribution in [1.29, 1.82) is 0 Å². The van der Waals surface area contributed by atoms with Crippen molar-refractivity contribution in [2.45, 2.75) is 38.0 Å². The number of halogens is 3. The van der Waals surface area contributed by atoms with Crippen LogP contribution in [-0.4, -0.2) is 12.1 Å². The monoisotopic (exact) mass is 258 g/mol. The van der Waals surface area contributed by atoms with E-state index in [2.05, 4.69) is 0 Å². The molecule has 1 saturated carbocycles. The van der Waals surface area contributed by atoms with Gasteiger partial charge in [-0.3, -0.25) is 4.79 Å². The molecule has 0 spiro atoms. The minimum absolute atomic E-state index is 0.174. The zero-order valence-electron chi connectivity index (χ0n) is 9.83. The van der Waals surface area contributed by atoms with Gasteiger partial charge < -0.3 is 4.74 Å². The predicted octanol–water partition coefficient (Wildman–Crippen LogP) is 3.51. The summed E-state index contributed by atoms with van der Waals surface area (Å²) >= 11 is 0. The second-order valence-electron chi connectivity index (χ2n) is 4.48. The number of ether oxygens (including phenoxy) is 1. The molecule has 5 heteroatoms. The third-order valence-electron chi connectivity index (χ3n) is 3.13. The molecule has 1 aliphatic rings. The van der Waals surface area contributed by atoms with Gasteiger partial charge in [0.15, 0.2) is 0 Å². The first kappa shape index (κ1) is 12.9. The van der Waals surface area contributed by atoms with Crippen LogP contribution in [-0.2, 0) is 15.7 Å². The Labute approximate surface area is 103 Å². The van der Waals surface area contributed by atoms with Gasteiger partial charge in [-0.1, -0.05) is 18.2 Å². The fraction of sp³-hybridized carbons (Fsp3) is 0.462. The molecule has 0 saturated heterocycles. The summed E-state index contributed by atoms with van der Waals surface area (Å²) in [4.78, 5) is 10.7. The summed E-state index contributed by atoms with van der Waals surface area (Å²) in [6.07, 6.45) is -3.64. The number of carbonyl (C=O) groups excluding carboxylic acids is 1. The minimum atomic E-state index is -4.33. The fourth-order valence-electron chi connectivity index (χ4n) is 2.26. The van der Waals surface area contributed by atoms with E-state index < -0.39 is 11.7 Å². The average Bonchev–Trinajstić information content (AvgIpc) is 2.21. The van der Waals surface area contributed by atoms with Crippen LogP contribution in [0.25, 0.3) is 0 Å². The highest BCUT2D eigenvalue weighted by Gasteiger charge is 2.39. The maximum Gasteiger partial charge on any atom is 0.416 e. The Hall–Kier alpha value is -1.52. The molecule has 98 valence electrons. The summed E-state index contributed by atoms with van der Waals surface area (Å²) in [6, 6.07) is 5.57. The minimum Gasteiger partial charge on any atom is -0.463 e. The van der Waals surface area contributed by atoms with E-state index in [0.717, 1.165) is 6.07 Å². The molecule has 0 heterocycles. The predicted molar refractivity (Wildman–Crippen MR) is 59.0 cm³/mol. The Balaban J connectivity index is 2.10. The van der Waals surface area contributed by atoms with E-state index in [1.807, 2.05) is 0 Å². The van der Waals surface area contributed by atoms with Gasteiger partial charge in [0, 0.05) is 6.92 Å². The Morgan fingerprint density at radius 2 is 1.89 bits per heavy atom. The lowest BCUT2D eigenvalue weighted by molar-refractivity contribution is -0.152. The molecule has 1 fully saturated rings. The Bertz CT molecular complexity index is 448. The summed E-state index contributed by atoms with van der Waals surface area (Å²) in [5, 5.41) is 0. The zero-order valence-corrected chi connectivity index (χ0v) is 9.83. The second-order valence-corrected chi connectivity index (χ2v) is 4.48. The molecular formula is C13H13F3O2. The molecule has 0 N–H and O–H groups in total. The molecule has 0 amide bonds. The van der Waals surface area contributed by atoms with E-state index in [1.54, 1.807) is 6.07 Å². The number of esters is 1. The maximum atomic E-state index is 12.8. The molecule has 2 rings (SSSR count). The van der Waals surface area contributed by atoms with E-state index in [9.17, 15) is 18.0 Å². The van der Waals surface area contributed by atoms with Crippen molar-refractivity contribution in [3.8, 4) is 0 Å². The van der Waals surface area contributed by atoms with E-state index >= 15 is 0 Å². The Morgan fingerprint density at radius 1 is 1.28 bits per heavy atom. The summed E-state index contributed by atoms with van der Waals surface area (Å²) in [7, 11) is 0. The zero-order chi connectivity index (χ0) is 13.3. The molecule has 0 aliphatic heterocycles. The summed E-state index contributed by atoms with van der Waals surface area (Å²) in [5.74, 6) is -0.560. The van der Waals surface area contributed by atoms with Gasteiger partial charge in [-0.05, 0) is 30.4 Å². The van der Waals surface area contributed by atoms with Crippen molar-refractivity contribution in [2.24, 2.45) is 0 Å². The largest absolute Gasteiger partial charge is 0.463 e. The molecule has 18 heavy (non-hydrogen) atoms. The third kappa shape index (κ3) is 2.66. The van der Waals surface area contributed by atoms with Crippen molar-refractivity contribution in [3.63, 3.8) is 0 Å².